The largest absolute Gasteiger partial charge is 0.497 e. The number of hydrogen-bond acceptors (Lipinski definition) is 5. The van der Waals surface area contributed by atoms with Gasteiger partial charge in [-0.25, -0.2) is 8.42 Å². The second-order valence-corrected chi connectivity index (χ2v) is 9.16. The van der Waals surface area contributed by atoms with E-state index in [0.29, 0.717) is 17.2 Å². The first-order valence-corrected chi connectivity index (χ1v) is 11.5. The Bertz CT molecular complexity index is 1220. The maximum atomic E-state index is 13.4. The van der Waals surface area contributed by atoms with Gasteiger partial charge in [0.15, 0.2) is 0 Å². The molecule has 0 atom stereocenters. The Kier molecular flexibility index (Phi) is 7.50. The molecule has 3 rings (SSSR count). The Morgan fingerprint density at radius 2 is 1.69 bits per heavy atom. The summed E-state index contributed by atoms with van der Waals surface area (Å²) in [5.41, 5.74) is 0.437. The van der Waals surface area contributed by atoms with Gasteiger partial charge in [-0.3, -0.25) is 9.10 Å². The van der Waals surface area contributed by atoms with Crippen molar-refractivity contribution in [2.75, 3.05) is 30.4 Å². The molecule has 0 aliphatic rings. The third-order valence-electron chi connectivity index (χ3n) is 4.50. The SMILES string of the molecule is COc1ccc(NC(=O)CN(c2cccc(Cl)c2Cl)S(=O)(=O)c2ccccc2)c(OC)c1. The molecule has 3 aromatic carbocycles. The lowest BCUT2D eigenvalue weighted by Gasteiger charge is -2.25. The number of amides is 1. The van der Waals surface area contributed by atoms with Crippen molar-refractivity contribution in [3.05, 3.63) is 76.8 Å². The summed E-state index contributed by atoms with van der Waals surface area (Å²) < 4.78 is 38.1. The van der Waals surface area contributed by atoms with Crippen molar-refractivity contribution in [2.24, 2.45) is 0 Å². The highest BCUT2D eigenvalue weighted by molar-refractivity contribution is 7.92. The van der Waals surface area contributed by atoms with Gasteiger partial charge in [0, 0.05) is 6.07 Å². The normalized spacial score (nSPS) is 11.0. The lowest BCUT2D eigenvalue weighted by atomic mass is 10.2. The smallest absolute Gasteiger partial charge is 0.264 e. The average molecular weight is 495 g/mol. The molecule has 0 saturated heterocycles. The fraction of sp³-hybridized carbons (Fsp3) is 0.136. The molecule has 0 unspecified atom stereocenters. The maximum absolute atomic E-state index is 13.4. The van der Waals surface area contributed by atoms with Crippen LogP contribution < -0.4 is 19.1 Å². The summed E-state index contributed by atoms with van der Waals surface area (Å²) >= 11 is 12.4. The van der Waals surface area contributed by atoms with E-state index in [1.165, 1.54) is 38.5 Å². The number of rotatable bonds is 8. The van der Waals surface area contributed by atoms with Crippen LogP contribution in [0.25, 0.3) is 0 Å². The minimum absolute atomic E-state index is 0.00544. The second-order valence-electron chi connectivity index (χ2n) is 6.51. The van der Waals surface area contributed by atoms with Gasteiger partial charge >= 0.3 is 0 Å². The molecule has 0 saturated carbocycles. The first-order valence-electron chi connectivity index (χ1n) is 9.31. The van der Waals surface area contributed by atoms with Crippen LogP contribution >= 0.6 is 23.2 Å². The molecule has 0 aliphatic heterocycles. The summed E-state index contributed by atoms with van der Waals surface area (Å²) in [5.74, 6) is 0.291. The zero-order valence-corrected chi connectivity index (χ0v) is 19.5. The minimum atomic E-state index is -4.13. The highest BCUT2D eigenvalue weighted by Gasteiger charge is 2.29. The molecule has 0 aromatic heterocycles. The first-order chi connectivity index (χ1) is 15.3. The van der Waals surface area contributed by atoms with Crippen molar-refractivity contribution in [2.45, 2.75) is 4.90 Å². The summed E-state index contributed by atoms with van der Waals surface area (Å²) in [6.45, 7) is -0.549. The lowest BCUT2D eigenvalue weighted by molar-refractivity contribution is -0.114. The highest BCUT2D eigenvalue weighted by Crippen LogP contribution is 2.35. The van der Waals surface area contributed by atoms with Gasteiger partial charge < -0.3 is 14.8 Å². The molecule has 0 radical (unpaired) electrons. The predicted octanol–water partition coefficient (Wildman–Crippen LogP) is 4.84. The lowest BCUT2D eigenvalue weighted by Crippen LogP contribution is -2.38. The van der Waals surface area contributed by atoms with E-state index in [0.717, 1.165) is 4.31 Å². The van der Waals surface area contributed by atoms with Gasteiger partial charge in [-0.2, -0.15) is 0 Å². The van der Waals surface area contributed by atoms with E-state index in [-0.39, 0.29) is 20.6 Å². The van der Waals surface area contributed by atoms with Gasteiger partial charge in [-0.05, 0) is 36.4 Å². The van der Waals surface area contributed by atoms with Crippen molar-refractivity contribution < 1.29 is 22.7 Å². The number of carbonyl (C=O) groups is 1. The van der Waals surface area contributed by atoms with Crippen LogP contribution in [0.5, 0.6) is 11.5 Å². The fourth-order valence-electron chi connectivity index (χ4n) is 2.93. The van der Waals surface area contributed by atoms with Crippen LogP contribution in [-0.2, 0) is 14.8 Å². The van der Waals surface area contributed by atoms with Crippen LogP contribution in [0.2, 0.25) is 10.0 Å². The first kappa shape index (κ1) is 23.7. The molecule has 0 spiro atoms. The molecule has 0 aliphatic carbocycles. The molecule has 7 nitrogen and oxygen atoms in total. The van der Waals surface area contributed by atoms with Crippen LogP contribution in [0.15, 0.2) is 71.6 Å². The number of nitrogens with zero attached hydrogens (tertiary/aromatic N) is 1. The molecule has 1 N–H and O–H groups in total. The number of ether oxygens (including phenoxy) is 2. The number of anilines is 2. The standard InChI is InChI=1S/C22H20Cl2N2O5S/c1-30-15-11-12-18(20(13-15)31-2)25-21(27)14-26(19-10-6-9-17(23)22(19)24)32(28,29)16-7-4-3-5-8-16/h3-13H,14H2,1-2H3,(H,25,27). The zero-order valence-electron chi connectivity index (χ0n) is 17.2. The Hall–Kier alpha value is -2.94. The van der Waals surface area contributed by atoms with E-state index in [9.17, 15) is 13.2 Å². The van der Waals surface area contributed by atoms with E-state index in [2.05, 4.69) is 5.32 Å². The number of hydrogen-bond donors (Lipinski definition) is 1. The summed E-state index contributed by atoms with van der Waals surface area (Å²) in [4.78, 5) is 12.9. The second kappa shape index (κ2) is 10.1. The molecular formula is C22H20Cl2N2O5S. The average Bonchev–Trinajstić information content (AvgIpc) is 2.80. The Balaban J connectivity index is 1.98. The topological polar surface area (TPSA) is 84.9 Å². The van der Waals surface area contributed by atoms with Crippen LogP contribution in [-0.4, -0.2) is 35.1 Å². The van der Waals surface area contributed by atoms with Gasteiger partial charge in [0.1, 0.15) is 18.0 Å². The Labute approximate surface area is 196 Å². The van der Waals surface area contributed by atoms with Crippen molar-refractivity contribution >= 4 is 50.5 Å². The van der Waals surface area contributed by atoms with Crippen LogP contribution in [0.4, 0.5) is 11.4 Å². The zero-order chi connectivity index (χ0) is 23.3. The van der Waals surface area contributed by atoms with Crippen molar-refractivity contribution in [1.82, 2.24) is 0 Å². The minimum Gasteiger partial charge on any atom is -0.497 e. The molecule has 3 aromatic rings. The summed E-state index contributed by atoms with van der Waals surface area (Å²) in [6.07, 6.45) is 0. The number of nitrogens with one attached hydrogen (secondary N) is 1. The molecule has 168 valence electrons. The van der Waals surface area contributed by atoms with Gasteiger partial charge in [-0.15, -0.1) is 0 Å². The van der Waals surface area contributed by atoms with Crippen LogP contribution in [0.1, 0.15) is 0 Å². The summed E-state index contributed by atoms with van der Waals surface area (Å²) in [6, 6.07) is 17.2. The molecular weight excluding hydrogens is 475 g/mol. The van der Waals surface area contributed by atoms with Crippen LogP contribution in [0, 0.1) is 0 Å². The number of methoxy groups -OCH3 is 2. The number of halogens is 2. The number of sulfonamides is 1. The molecule has 0 fully saturated rings. The Morgan fingerprint density at radius 1 is 0.969 bits per heavy atom. The molecule has 32 heavy (non-hydrogen) atoms. The van der Waals surface area contributed by atoms with Gasteiger partial charge in [0.2, 0.25) is 5.91 Å². The van der Waals surface area contributed by atoms with E-state index in [1.807, 2.05) is 0 Å². The quantitative estimate of drug-likeness (QED) is 0.483. The van der Waals surface area contributed by atoms with Gasteiger partial charge in [0.05, 0.1) is 40.5 Å². The fourth-order valence-corrected chi connectivity index (χ4v) is 4.83. The predicted molar refractivity (Wildman–Crippen MR) is 126 cm³/mol. The monoisotopic (exact) mass is 494 g/mol. The molecule has 0 bridgehead atoms. The van der Waals surface area contributed by atoms with Crippen molar-refractivity contribution in [3.8, 4) is 11.5 Å². The highest BCUT2D eigenvalue weighted by atomic mass is 35.5. The van der Waals surface area contributed by atoms with E-state index in [1.54, 1.807) is 42.5 Å². The van der Waals surface area contributed by atoms with Crippen molar-refractivity contribution in [3.63, 3.8) is 0 Å². The molecule has 10 heteroatoms. The number of benzene rings is 3. The maximum Gasteiger partial charge on any atom is 0.264 e. The van der Waals surface area contributed by atoms with Crippen LogP contribution in [0.3, 0.4) is 0 Å². The van der Waals surface area contributed by atoms with Crippen molar-refractivity contribution in [1.29, 1.82) is 0 Å². The summed E-state index contributed by atoms with van der Waals surface area (Å²) in [7, 11) is -1.17. The number of carbonyl (C=O) groups excluding carboxylic acids is 1. The summed E-state index contributed by atoms with van der Waals surface area (Å²) in [5, 5.41) is 2.85. The Morgan fingerprint density at radius 3 is 2.34 bits per heavy atom. The molecule has 1 amide bonds. The van der Waals surface area contributed by atoms with Gasteiger partial charge in [0.25, 0.3) is 10.0 Å². The van der Waals surface area contributed by atoms with E-state index in [4.69, 9.17) is 32.7 Å². The molecule has 0 heterocycles. The third-order valence-corrected chi connectivity index (χ3v) is 7.08. The van der Waals surface area contributed by atoms with E-state index < -0.39 is 22.5 Å². The third kappa shape index (κ3) is 5.09. The van der Waals surface area contributed by atoms with E-state index >= 15 is 0 Å². The van der Waals surface area contributed by atoms with Gasteiger partial charge in [-0.1, -0.05) is 47.5 Å².